The summed E-state index contributed by atoms with van der Waals surface area (Å²) in [6, 6.07) is 19.8. The summed E-state index contributed by atoms with van der Waals surface area (Å²) in [7, 11) is 0. The number of carbonyl (C=O) groups is 1. The van der Waals surface area contributed by atoms with Crippen LogP contribution in [0.3, 0.4) is 0 Å². The molecule has 2 aromatic carbocycles. The van der Waals surface area contributed by atoms with E-state index in [1.165, 1.54) is 0 Å². The molecule has 0 saturated carbocycles. The molecule has 2 heterocycles. The van der Waals surface area contributed by atoms with Crippen LogP contribution in [0.25, 0.3) is 10.9 Å². The van der Waals surface area contributed by atoms with Crippen LogP contribution in [0.2, 0.25) is 0 Å². The van der Waals surface area contributed by atoms with Gasteiger partial charge in [0.25, 0.3) is 0 Å². The Hall–Kier alpha value is -3.80. The second kappa shape index (κ2) is 10.0. The molecule has 1 unspecified atom stereocenters. The molecule has 0 amide bonds. The van der Waals surface area contributed by atoms with Gasteiger partial charge in [0.15, 0.2) is 0 Å². The topological polar surface area (TPSA) is 87.2 Å². The summed E-state index contributed by atoms with van der Waals surface area (Å²) < 4.78 is 5.91. The third-order valence-electron chi connectivity index (χ3n) is 5.48. The van der Waals surface area contributed by atoms with Gasteiger partial charge >= 0.3 is 5.97 Å². The summed E-state index contributed by atoms with van der Waals surface area (Å²) >= 11 is 0. The highest BCUT2D eigenvalue weighted by atomic mass is 16.5. The van der Waals surface area contributed by atoms with Crippen LogP contribution < -0.4 is 10.1 Å². The second-order valence-electron chi connectivity index (χ2n) is 7.86. The first-order valence-corrected chi connectivity index (χ1v) is 10.8. The van der Waals surface area contributed by atoms with E-state index >= 15 is 0 Å². The molecule has 0 aliphatic carbocycles. The van der Waals surface area contributed by atoms with Crippen LogP contribution in [0, 0.1) is 6.92 Å². The van der Waals surface area contributed by atoms with Crippen molar-refractivity contribution >= 4 is 22.7 Å². The standard InChI is InChI=1S/C26H27N3O3/c1-18-6-8-19(9-7-18)22(16-26(30)31)23-17-29-24-15-20(10-11-21(23)24)32-14-4-13-28-25-5-2-3-12-27-25/h2-3,5-12,15,17,22,29H,4,13-14,16H2,1H3,(H,27,28)(H,30,31). The Morgan fingerprint density at radius 3 is 2.75 bits per heavy atom. The van der Waals surface area contributed by atoms with Gasteiger partial charge in [-0.05, 0) is 48.7 Å². The SMILES string of the molecule is Cc1ccc(C(CC(=O)O)c2c[nH]c3cc(OCCCNc4ccccn4)ccc23)cc1. The van der Waals surface area contributed by atoms with E-state index < -0.39 is 5.97 Å². The monoisotopic (exact) mass is 429 g/mol. The van der Waals surface area contributed by atoms with Crippen LogP contribution in [0.1, 0.15) is 35.4 Å². The van der Waals surface area contributed by atoms with E-state index in [9.17, 15) is 9.90 Å². The summed E-state index contributed by atoms with van der Waals surface area (Å²) in [5.41, 5.74) is 4.07. The fourth-order valence-corrected chi connectivity index (χ4v) is 3.83. The molecule has 0 aliphatic rings. The predicted octanol–water partition coefficient (Wildman–Crippen LogP) is 5.36. The van der Waals surface area contributed by atoms with Crippen molar-refractivity contribution in [1.29, 1.82) is 0 Å². The van der Waals surface area contributed by atoms with E-state index in [1.807, 2.05) is 73.8 Å². The Bertz CT molecular complexity index is 1170. The number of aromatic amines is 1. The lowest BCUT2D eigenvalue weighted by molar-refractivity contribution is -0.137. The Labute approximate surface area is 187 Å². The molecule has 1 atom stereocenters. The van der Waals surface area contributed by atoms with E-state index in [0.717, 1.165) is 52.1 Å². The van der Waals surface area contributed by atoms with Crippen molar-refractivity contribution in [1.82, 2.24) is 9.97 Å². The second-order valence-corrected chi connectivity index (χ2v) is 7.86. The Morgan fingerprint density at radius 1 is 1.16 bits per heavy atom. The molecule has 6 heteroatoms. The highest BCUT2D eigenvalue weighted by Crippen LogP contribution is 2.34. The van der Waals surface area contributed by atoms with Crippen molar-refractivity contribution in [2.24, 2.45) is 0 Å². The van der Waals surface area contributed by atoms with Crippen LogP contribution >= 0.6 is 0 Å². The lowest BCUT2D eigenvalue weighted by Gasteiger charge is -2.15. The lowest BCUT2D eigenvalue weighted by Crippen LogP contribution is -2.08. The number of aryl methyl sites for hydroxylation is 1. The smallest absolute Gasteiger partial charge is 0.304 e. The molecule has 164 valence electrons. The van der Waals surface area contributed by atoms with Gasteiger partial charge in [-0.25, -0.2) is 4.98 Å². The number of pyridine rings is 1. The number of nitrogens with zero attached hydrogens (tertiary/aromatic N) is 1. The van der Waals surface area contributed by atoms with Crippen LogP contribution in [0.15, 0.2) is 73.1 Å². The van der Waals surface area contributed by atoms with Crippen molar-refractivity contribution in [3.63, 3.8) is 0 Å². The van der Waals surface area contributed by atoms with Crippen LogP contribution in [-0.2, 0) is 4.79 Å². The first-order valence-electron chi connectivity index (χ1n) is 10.8. The van der Waals surface area contributed by atoms with E-state index in [0.29, 0.717) is 6.61 Å². The molecule has 0 aliphatic heterocycles. The predicted molar refractivity (Wildman–Crippen MR) is 126 cm³/mol. The average Bonchev–Trinajstić information content (AvgIpc) is 3.21. The van der Waals surface area contributed by atoms with E-state index in [2.05, 4.69) is 15.3 Å². The molecular formula is C26H27N3O3. The molecule has 4 rings (SSSR count). The van der Waals surface area contributed by atoms with Crippen molar-refractivity contribution in [3.05, 3.63) is 89.7 Å². The van der Waals surface area contributed by atoms with Crippen LogP contribution in [0.5, 0.6) is 5.75 Å². The molecule has 32 heavy (non-hydrogen) atoms. The number of fused-ring (bicyclic) bond motifs is 1. The number of carboxylic acids is 1. The first-order chi connectivity index (χ1) is 15.6. The maximum Gasteiger partial charge on any atom is 0.304 e. The molecule has 2 aromatic heterocycles. The number of rotatable bonds is 10. The molecule has 3 N–H and O–H groups in total. The molecule has 6 nitrogen and oxygen atoms in total. The lowest BCUT2D eigenvalue weighted by atomic mass is 9.88. The fourth-order valence-electron chi connectivity index (χ4n) is 3.83. The third kappa shape index (κ3) is 5.27. The zero-order valence-corrected chi connectivity index (χ0v) is 18.0. The van der Waals surface area contributed by atoms with Gasteiger partial charge in [-0.2, -0.15) is 0 Å². The van der Waals surface area contributed by atoms with Crippen molar-refractivity contribution < 1.29 is 14.6 Å². The molecule has 0 radical (unpaired) electrons. The maximum atomic E-state index is 11.6. The maximum absolute atomic E-state index is 11.6. The van der Waals surface area contributed by atoms with Gasteiger partial charge < -0.3 is 20.1 Å². The van der Waals surface area contributed by atoms with E-state index in [-0.39, 0.29) is 12.3 Å². The number of anilines is 1. The van der Waals surface area contributed by atoms with Crippen molar-refractivity contribution in [2.45, 2.75) is 25.7 Å². The van der Waals surface area contributed by atoms with E-state index in [1.54, 1.807) is 6.20 Å². The third-order valence-corrected chi connectivity index (χ3v) is 5.48. The Morgan fingerprint density at radius 2 is 2.00 bits per heavy atom. The van der Waals surface area contributed by atoms with E-state index in [4.69, 9.17) is 4.74 Å². The van der Waals surface area contributed by atoms with Crippen LogP contribution in [-0.4, -0.2) is 34.2 Å². The number of aromatic nitrogens is 2. The number of aliphatic carboxylic acids is 1. The summed E-state index contributed by atoms with van der Waals surface area (Å²) in [6.07, 6.45) is 4.56. The largest absolute Gasteiger partial charge is 0.493 e. The van der Waals surface area contributed by atoms with Gasteiger partial charge in [0, 0.05) is 41.8 Å². The molecule has 0 saturated heterocycles. The molecule has 4 aromatic rings. The molecule has 0 bridgehead atoms. The van der Waals surface area contributed by atoms with Crippen LogP contribution in [0.4, 0.5) is 5.82 Å². The summed E-state index contributed by atoms with van der Waals surface area (Å²) in [5, 5.41) is 13.8. The molecule has 0 spiro atoms. The molecular weight excluding hydrogens is 402 g/mol. The van der Waals surface area contributed by atoms with Crippen molar-refractivity contribution in [3.8, 4) is 5.75 Å². The number of ether oxygens (including phenoxy) is 1. The van der Waals surface area contributed by atoms with Gasteiger partial charge in [-0.3, -0.25) is 4.79 Å². The number of hydrogen-bond acceptors (Lipinski definition) is 4. The van der Waals surface area contributed by atoms with Gasteiger partial charge in [-0.1, -0.05) is 35.9 Å². The van der Waals surface area contributed by atoms with Gasteiger partial charge in [0.2, 0.25) is 0 Å². The zero-order valence-electron chi connectivity index (χ0n) is 18.0. The first kappa shape index (κ1) is 21.4. The Balaban J connectivity index is 1.43. The normalized spacial score (nSPS) is 11.9. The quantitative estimate of drug-likeness (QED) is 0.296. The van der Waals surface area contributed by atoms with Gasteiger partial charge in [0.05, 0.1) is 13.0 Å². The highest BCUT2D eigenvalue weighted by molar-refractivity contribution is 5.86. The number of benzene rings is 2. The zero-order chi connectivity index (χ0) is 22.3. The number of hydrogen-bond donors (Lipinski definition) is 3. The minimum Gasteiger partial charge on any atom is -0.493 e. The van der Waals surface area contributed by atoms with Crippen molar-refractivity contribution in [2.75, 3.05) is 18.5 Å². The number of carboxylic acid groups (broad SMARTS) is 1. The minimum atomic E-state index is -0.816. The Kier molecular flexibility index (Phi) is 6.70. The number of nitrogens with one attached hydrogen (secondary N) is 2. The summed E-state index contributed by atoms with van der Waals surface area (Å²) in [6.45, 7) is 3.39. The summed E-state index contributed by atoms with van der Waals surface area (Å²) in [4.78, 5) is 19.1. The number of H-pyrrole nitrogens is 1. The highest BCUT2D eigenvalue weighted by Gasteiger charge is 2.21. The average molecular weight is 430 g/mol. The summed E-state index contributed by atoms with van der Waals surface area (Å²) in [5.74, 6) is 0.613. The van der Waals surface area contributed by atoms with Gasteiger partial charge in [-0.15, -0.1) is 0 Å². The molecule has 0 fully saturated rings. The van der Waals surface area contributed by atoms with Gasteiger partial charge in [0.1, 0.15) is 11.6 Å². The minimum absolute atomic E-state index is 0.0392. The fraction of sp³-hybridized carbons (Fsp3) is 0.231.